The SMILES string of the molecule is FC1CC(F)(F)CCC1(F)F. The Bertz CT molecular complexity index is 153. The predicted molar refractivity (Wildman–Crippen MR) is 28.6 cm³/mol. The highest BCUT2D eigenvalue weighted by atomic mass is 19.3. The zero-order chi connectivity index (χ0) is 8.70. The summed E-state index contributed by atoms with van der Waals surface area (Å²) in [6, 6.07) is 0. The first kappa shape index (κ1) is 8.74. The highest BCUT2D eigenvalue weighted by molar-refractivity contribution is 4.89. The van der Waals surface area contributed by atoms with Crippen molar-refractivity contribution in [1.29, 1.82) is 0 Å². The molecule has 11 heavy (non-hydrogen) atoms. The normalized spacial score (nSPS) is 35.2. The quantitative estimate of drug-likeness (QED) is 0.495. The zero-order valence-electron chi connectivity index (χ0n) is 5.59. The largest absolute Gasteiger partial charge is 0.279 e. The fraction of sp³-hybridized carbons (Fsp3) is 1.00. The van der Waals surface area contributed by atoms with Crippen molar-refractivity contribution in [2.24, 2.45) is 0 Å². The predicted octanol–water partition coefficient (Wildman–Crippen LogP) is 2.78. The molecule has 5 heteroatoms. The third kappa shape index (κ3) is 1.81. The number of halogens is 5. The smallest absolute Gasteiger partial charge is 0.241 e. The second-order valence-corrected chi connectivity index (χ2v) is 2.79. The lowest BCUT2D eigenvalue weighted by Crippen LogP contribution is -2.41. The Morgan fingerprint density at radius 3 is 1.91 bits per heavy atom. The van der Waals surface area contributed by atoms with Gasteiger partial charge in [-0.2, -0.15) is 0 Å². The molecule has 0 N–H and O–H groups in total. The molecular weight excluding hydrogens is 167 g/mol. The third-order valence-corrected chi connectivity index (χ3v) is 1.76. The van der Waals surface area contributed by atoms with E-state index < -0.39 is 37.3 Å². The molecule has 1 atom stereocenters. The van der Waals surface area contributed by atoms with Crippen LogP contribution in [0.3, 0.4) is 0 Å². The summed E-state index contributed by atoms with van der Waals surface area (Å²) in [4.78, 5) is 0. The van der Waals surface area contributed by atoms with Crippen LogP contribution in [-0.4, -0.2) is 18.0 Å². The van der Waals surface area contributed by atoms with Gasteiger partial charge in [-0.25, -0.2) is 22.0 Å². The van der Waals surface area contributed by atoms with Crippen molar-refractivity contribution in [1.82, 2.24) is 0 Å². The monoisotopic (exact) mass is 174 g/mol. The maximum absolute atomic E-state index is 12.2. The van der Waals surface area contributed by atoms with Crippen molar-refractivity contribution in [3.8, 4) is 0 Å². The van der Waals surface area contributed by atoms with Gasteiger partial charge in [-0.3, -0.25) is 0 Å². The molecule has 1 aliphatic carbocycles. The average molecular weight is 174 g/mol. The van der Waals surface area contributed by atoms with Crippen LogP contribution in [0.25, 0.3) is 0 Å². The van der Waals surface area contributed by atoms with Crippen LogP contribution in [0.15, 0.2) is 0 Å². The zero-order valence-corrected chi connectivity index (χ0v) is 5.59. The van der Waals surface area contributed by atoms with Gasteiger partial charge in [-0.1, -0.05) is 0 Å². The van der Waals surface area contributed by atoms with Gasteiger partial charge in [-0.15, -0.1) is 0 Å². The fourth-order valence-electron chi connectivity index (χ4n) is 1.02. The molecule has 0 amide bonds. The highest BCUT2D eigenvalue weighted by Crippen LogP contribution is 2.42. The minimum absolute atomic E-state index is 0.916. The molecule has 0 aliphatic heterocycles. The van der Waals surface area contributed by atoms with Gasteiger partial charge >= 0.3 is 0 Å². The molecule has 1 unspecified atom stereocenters. The molecule has 0 bridgehead atoms. The molecule has 0 heterocycles. The topological polar surface area (TPSA) is 0 Å². The van der Waals surface area contributed by atoms with Crippen molar-refractivity contribution in [3.05, 3.63) is 0 Å². The summed E-state index contributed by atoms with van der Waals surface area (Å²) in [6.07, 6.45) is -6.01. The van der Waals surface area contributed by atoms with Gasteiger partial charge in [0.05, 0.1) is 0 Å². The molecule has 1 rings (SSSR count). The van der Waals surface area contributed by atoms with Crippen molar-refractivity contribution in [3.63, 3.8) is 0 Å². The Morgan fingerprint density at radius 1 is 1.00 bits per heavy atom. The van der Waals surface area contributed by atoms with Crippen molar-refractivity contribution < 1.29 is 22.0 Å². The van der Waals surface area contributed by atoms with Gasteiger partial charge in [0.25, 0.3) is 11.8 Å². The lowest BCUT2D eigenvalue weighted by atomic mass is 9.92. The second-order valence-electron chi connectivity index (χ2n) is 2.79. The van der Waals surface area contributed by atoms with E-state index in [0.717, 1.165) is 0 Å². The van der Waals surface area contributed by atoms with Crippen LogP contribution in [0.1, 0.15) is 19.3 Å². The van der Waals surface area contributed by atoms with E-state index >= 15 is 0 Å². The van der Waals surface area contributed by atoms with E-state index in [1.54, 1.807) is 0 Å². The van der Waals surface area contributed by atoms with Gasteiger partial charge in [0.2, 0.25) is 0 Å². The van der Waals surface area contributed by atoms with Crippen molar-refractivity contribution >= 4 is 0 Å². The number of hydrogen-bond donors (Lipinski definition) is 0. The lowest BCUT2D eigenvalue weighted by Gasteiger charge is -2.30. The standard InChI is InChI=1S/C6H7F5/c7-4-3-5(8,9)1-2-6(4,10)11/h4H,1-3H2. The number of hydrogen-bond acceptors (Lipinski definition) is 0. The Labute approximate surface area is 60.4 Å². The fourth-order valence-corrected chi connectivity index (χ4v) is 1.02. The van der Waals surface area contributed by atoms with Gasteiger partial charge in [-0.05, 0) is 0 Å². The van der Waals surface area contributed by atoms with E-state index in [1.165, 1.54) is 0 Å². The van der Waals surface area contributed by atoms with Gasteiger partial charge in [0, 0.05) is 19.3 Å². The highest BCUT2D eigenvalue weighted by Gasteiger charge is 2.52. The summed E-state index contributed by atoms with van der Waals surface area (Å²) >= 11 is 0. The van der Waals surface area contributed by atoms with Crippen LogP contribution in [0.5, 0.6) is 0 Å². The molecule has 0 aromatic rings. The first-order chi connectivity index (χ1) is 4.83. The van der Waals surface area contributed by atoms with E-state index in [9.17, 15) is 22.0 Å². The van der Waals surface area contributed by atoms with E-state index in [2.05, 4.69) is 0 Å². The summed E-state index contributed by atoms with van der Waals surface area (Å²) in [5, 5.41) is 0. The second kappa shape index (κ2) is 2.32. The Hall–Kier alpha value is -0.350. The van der Waals surface area contributed by atoms with Crippen LogP contribution >= 0.6 is 0 Å². The average Bonchev–Trinajstić information content (AvgIpc) is 1.81. The van der Waals surface area contributed by atoms with Crippen LogP contribution in [-0.2, 0) is 0 Å². The van der Waals surface area contributed by atoms with E-state index in [4.69, 9.17) is 0 Å². The van der Waals surface area contributed by atoms with E-state index in [0.29, 0.717) is 0 Å². The van der Waals surface area contributed by atoms with Gasteiger partial charge in [0.1, 0.15) is 0 Å². The van der Waals surface area contributed by atoms with Crippen LogP contribution in [0, 0.1) is 0 Å². The molecule has 0 aromatic carbocycles. The third-order valence-electron chi connectivity index (χ3n) is 1.76. The van der Waals surface area contributed by atoms with Crippen LogP contribution < -0.4 is 0 Å². The molecule has 0 radical (unpaired) electrons. The molecule has 0 aromatic heterocycles. The first-order valence-electron chi connectivity index (χ1n) is 3.23. The molecule has 0 nitrogen and oxygen atoms in total. The minimum atomic E-state index is -3.55. The maximum atomic E-state index is 12.2. The summed E-state index contributed by atoms with van der Waals surface area (Å²) in [6.45, 7) is 0. The molecule has 0 saturated heterocycles. The van der Waals surface area contributed by atoms with Crippen LogP contribution in [0.2, 0.25) is 0 Å². The molecule has 1 saturated carbocycles. The maximum Gasteiger partial charge on any atom is 0.279 e. The van der Waals surface area contributed by atoms with Gasteiger partial charge < -0.3 is 0 Å². The molecular formula is C6H7F5. The number of rotatable bonds is 0. The number of alkyl halides is 5. The van der Waals surface area contributed by atoms with Gasteiger partial charge in [0.15, 0.2) is 6.17 Å². The van der Waals surface area contributed by atoms with E-state index in [1.807, 2.05) is 0 Å². The molecule has 66 valence electrons. The minimum Gasteiger partial charge on any atom is -0.241 e. The van der Waals surface area contributed by atoms with Crippen molar-refractivity contribution in [2.75, 3.05) is 0 Å². The summed E-state index contributed by atoms with van der Waals surface area (Å²) in [5.41, 5.74) is 0. The lowest BCUT2D eigenvalue weighted by molar-refractivity contribution is -0.167. The Kier molecular flexibility index (Phi) is 1.84. The summed E-state index contributed by atoms with van der Waals surface area (Å²) in [5.74, 6) is -6.80. The molecule has 0 spiro atoms. The summed E-state index contributed by atoms with van der Waals surface area (Å²) < 4.78 is 61.1. The van der Waals surface area contributed by atoms with E-state index in [-0.39, 0.29) is 0 Å². The Balaban J connectivity index is 2.63. The summed E-state index contributed by atoms with van der Waals surface area (Å²) in [7, 11) is 0. The molecule has 1 fully saturated rings. The van der Waals surface area contributed by atoms with Crippen LogP contribution in [0.4, 0.5) is 22.0 Å². The first-order valence-corrected chi connectivity index (χ1v) is 3.23. The van der Waals surface area contributed by atoms with Crippen molar-refractivity contribution in [2.45, 2.75) is 37.3 Å². The Morgan fingerprint density at radius 2 is 1.55 bits per heavy atom. The molecule has 1 aliphatic rings.